The summed E-state index contributed by atoms with van der Waals surface area (Å²) < 4.78 is 45.0. The molecule has 1 aliphatic heterocycles. The largest absolute Gasteiger partial charge is 0.493 e. The summed E-state index contributed by atoms with van der Waals surface area (Å²) in [6.45, 7) is 11.2. The Morgan fingerprint density at radius 3 is 2.38 bits per heavy atom. The number of methoxy groups -OCH3 is 2. The highest BCUT2D eigenvalue weighted by atomic mass is 35.5. The van der Waals surface area contributed by atoms with Crippen molar-refractivity contribution in [2.24, 2.45) is 7.05 Å². The Morgan fingerprint density at radius 1 is 1.17 bits per heavy atom. The van der Waals surface area contributed by atoms with Gasteiger partial charge < -0.3 is 24.4 Å². The molecule has 0 saturated carbocycles. The lowest BCUT2D eigenvalue weighted by molar-refractivity contribution is -0.192. The van der Waals surface area contributed by atoms with Gasteiger partial charge in [-0.1, -0.05) is 30.7 Å². The first-order valence-electron chi connectivity index (χ1n) is 13.6. The number of halogens is 4. The lowest BCUT2D eigenvalue weighted by Crippen LogP contribution is -2.29. The summed E-state index contributed by atoms with van der Waals surface area (Å²) in [6, 6.07) is 8.38. The van der Waals surface area contributed by atoms with Gasteiger partial charge in [0.2, 0.25) is 0 Å². The topological polar surface area (TPSA) is 80.1 Å². The van der Waals surface area contributed by atoms with Crippen LogP contribution < -0.4 is 19.3 Å². The maximum absolute atomic E-state index is 10.6. The molecule has 0 unspecified atom stereocenters. The maximum atomic E-state index is 10.6. The van der Waals surface area contributed by atoms with Gasteiger partial charge in [-0.05, 0) is 74.4 Å². The van der Waals surface area contributed by atoms with Crippen LogP contribution in [0.3, 0.4) is 0 Å². The highest BCUT2D eigenvalue weighted by Gasteiger charge is 2.38. The van der Waals surface area contributed by atoms with Crippen LogP contribution in [0.25, 0.3) is 0 Å². The molecule has 3 aromatic rings. The second-order valence-corrected chi connectivity index (χ2v) is 10.6. The molecule has 4 rings (SSSR count). The number of carboxylic acids is 1. The summed E-state index contributed by atoms with van der Waals surface area (Å²) in [7, 11) is 5.43. The van der Waals surface area contributed by atoms with Crippen LogP contribution in [0.2, 0.25) is 5.02 Å². The predicted octanol–water partition coefficient (Wildman–Crippen LogP) is 7.15. The van der Waals surface area contributed by atoms with Crippen LogP contribution in [0.4, 0.5) is 30.5 Å². The molecule has 2 heterocycles. The molecule has 0 atom stereocenters. The number of aromatic nitrogens is 2. The van der Waals surface area contributed by atoms with Crippen LogP contribution >= 0.6 is 11.6 Å². The Kier molecular flexibility index (Phi) is 10.6. The summed E-state index contributed by atoms with van der Waals surface area (Å²) in [6.07, 6.45) is -1.98. The van der Waals surface area contributed by atoms with E-state index >= 15 is 0 Å². The van der Waals surface area contributed by atoms with Gasteiger partial charge in [-0.3, -0.25) is 4.68 Å². The van der Waals surface area contributed by atoms with Crippen molar-refractivity contribution < 1.29 is 32.5 Å². The number of carboxylic acid groups (broad SMARTS) is 1. The Morgan fingerprint density at radius 2 is 1.83 bits per heavy atom. The predicted molar refractivity (Wildman–Crippen MR) is 159 cm³/mol. The average Bonchev–Trinajstić information content (AvgIpc) is 3.24. The van der Waals surface area contributed by atoms with Crippen LogP contribution in [-0.4, -0.2) is 54.3 Å². The summed E-state index contributed by atoms with van der Waals surface area (Å²) >= 11 is 6.76. The number of hydrogen-bond donors (Lipinski definition) is 1. The van der Waals surface area contributed by atoms with Gasteiger partial charge in [-0.15, -0.1) is 0 Å². The zero-order valence-corrected chi connectivity index (χ0v) is 25.8. The molecule has 8 nitrogen and oxygen atoms in total. The number of fused-ring (bicyclic) bond motifs is 1. The molecule has 42 heavy (non-hydrogen) atoms. The Hall–Kier alpha value is -3.60. The van der Waals surface area contributed by atoms with Crippen LogP contribution in [0, 0.1) is 20.8 Å². The van der Waals surface area contributed by atoms with E-state index in [1.165, 1.54) is 28.1 Å². The number of aryl methyl sites for hydroxylation is 3. The molecular formula is C30H38ClF3N4O4. The van der Waals surface area contributed by atoms with E-state index in [0.717, 1.165) is 72.5 Å². The molecule has 2 aromatic carbocycles. The fourth-order valence-electron chi connectivity index (χ4n) is 5.40. The van der Waals surface area contributed by atoms with E-state index in [4.69, 9.17) is 36.1 Å². The number of anilines is 3. The number of carbonyl (C=O) groups is 1. The second kappa shape index (κ2) is 13.6. The number of hydrogen-bond acceptors (Lipinski definition) is 6. The van der Waals surface area contributed by atoms with E-state index in [1.54, 1.807) is 14.2 Å². The molecule has 0 amide bonds. The summed E-state index contributed by atoms with van der Waals surface area (Å²) in [5.74, 6) is 1.00. The van der Waals surface area contributed by atoms with Crippen molar-refractivity contribution in [3.63, 3.8) is 0 Å². The fourth-order valence-corrected chi connectivity index (χ4v) is 5.82. The smallest absolute Gasteiger partial charge is 0.490 e. The quantitative estimate of drug-likeness (QED) is 0.290. The zero-order valence-electron chi connectivity index (χ0n) is 25.0. The standard InChI is InChI=1S/C28H37ClN4O2.C2HF3O2/c1-8-13-32(17-21-11-12-24(34-6)26(35-7)20(21)4)28-22-10-9-14-33(27(22)30-31(28)5)25-19(3)15-18(2)16-23(25)29;3-2(4,5)1(6)7/h11-12,15-16H,8-10,13-14,17H2,1-7H3;(H,6,7). The van der Waals surface area contributed by atoms with Gasteiger partial charge in [0, 0.05) is 32.2 Å². The number of ether oxygens (including phenoxy) is 2. The van der Waals surface area contributed by atoms with Crippen molar-refractivity contribution in [3.8, 4) is 11.5 Å². The number of rotatable bonds is 8. The second-order valence-electron chi connectivity index (χ2n) is 10.2. The first-order chi connectivity index (χ1) is 19.7. The van der Waals surface area contributed by atoms with Crippen molar-refractivity contribution in [2.45, 2.75) is 59.7 Å². The van der Waals surface area contributed by atoms with Crippen molar-refractivity contribution in [2.75, 3.05) is 37.1 Å². The first kappa shape index (κ1) is 32.9. The monoisotopic (exact) mass is 610 g/mol. The molecule has 12 heteroatoms. The Bertz CT molecular complexity index is 1400. The lowest BCUT2D eigenvalue weighted by atomic mass is 10.0. The van der Waals surface area contributed by atoms with Crippen LogP contribution in [0.5, 0.6) is 11.5 Å². The Labute approximate surface area is 249 Å². The van der Waals surface area contributed by atoms with Crippen molar-refractivity contribution in [1.82, 2.24) is 9.78 Å². The first-order valence-corrected chi connectivity index (χ1v) is 14.0. The minimum Gasteiger partial charge on any atom is -0.493 e. The molecule has 1 aromatic heterocycles. The normalized spacial score (nSPS) is 12.8. The zero-order chi connectivity index (χ0) is 31.4. The van der Waals surface area contributed by atoms with E-state index in [0.29, 0.717) is 0 Å². The summed E-state index contributed by atoms with van der Waals surface area (Å²) in [5.41, 5.74) is 7.04. The van der Waals surface area contributed by atoms with Gasteiger partial charge in [0.15, 0.2) is 17.3 Å². The molecule has 1 aliphatic rings. The molecule has 0 bridgehead atoms. The highest BCUT2D eigenvalue weighted by Crippen LogP contribution is 2.43. The third-order valence-corrected chi connectivity index (χ3v) is 7.41. The molecule has 0 radical (unpaired) electrons. The number of alkyl halides is 3. The molecule has 230 valence electrons. The summed E-state index contributed by atoms with van der Waals surface area (Å²) in [4.78, 5) is 13.7. The van der Waals surface area contributed by atoms with Crippen molar-refractivity contribution >= 4 is 34.9 Å². The van der Waals surface area contributed by atoms with Gasteiger partial charge in [-0.25, -0.2) is 4.79 Å². The van der Waals surface area contributed by atoms with Crippen LogP contribution in [0.15, 0.2) is 24.3 Å². The lowest BCUT2D eigenvalue weighted by Gasteiger charge is -2.32. The SMILES string of the molecule is CCCN(Cc1ccc(OC)c(OC)c1C)c1c2c(nn1C)N(c1c(C)cc(C)cc1Cl)CCC2.O=C(O)C(F)(F)F. The Balaban J connectivity index is 0.000000616. The van der Waals surface area contributed by atoms with Crippen LogP contribution in [0.1, 0.15) is 47.6 Å². The number of nitrogens with zero attached hydrogens (tertiary/aromatic N) is 4. The van der Waals surface area contributed by atoms with E-state index in [1.807, 2.05) is 16.8 Å². The highest BCUT2D eigenvalue weighted by molar-refractivity contribution is 6.33. The van der Waals surface area contributed by atoms with E-state index in [2.05, 4.69) is 56.7 Å². The number of benzene rings is 2. The third-order valence-electron chi connectivity index (χ3n) is 7.13. The maximum Gasteiger partial charge on any atom is 0.490 e. The van der Waals surface area contributed by atoms with Gasteiger partial charge in [0.25, 0.3) is 0 Å². The average molecular weight is 611 g/mol. The van der Waals surface area contributed by atoms with E-state index in [9.17, 15) is 13.2 Å². The fraction of sp³-hybridized carbons (Fsp3) is 0.467. The van der Waals surface area contributed by atoms with Crippen molar-refractivity contribution in [3.05, 3.63) is 57.1 Å². The minimum absolute atomic E-state index is 0.759. The summed E-state index contributed by atoms with van der Waals surface area (Å²) in [5, 5.41) is 13.0. The van der Waals surface area contributed by atoms with Gasteiger partial charge >= 0.3 is 12.1 Å². The minimum atomic E-state index is -5.08. The third kappa shape index (κ3) is 7.06. The molecule has 0 saturated heterocycles. The number of aliphatic carboxylic acids is 1. The molecular weight excluding hydrogens is 573 g/mol. The van der Waals surface area contributed by atoms with Crippen molar-refractivity contribution in [1.29, 1.82) is 0 Å². The molecule has 0 fully saturated rings. The van der Waals surface area contributed by atoms with Gasteiger partial charge in [0.05, 0.1) is 24.9 Å². The van der Waals surface area contributed by atoms with Gasteiger partial charge in [-0.2, -0.15) is 18.3 Å². The van der Waals surface area contributed by atoms with E-state index < -0.39 is 12.1 Å². The molecule has 1 N–H and O–H groups in total. The van der Waals surface area contributed by atoms with Crippen LogP contribution in [-0.2, 0) is 24.8 Å². The molecule has 0 aliphatic carbocycles. The van der Waals surface area contributed by atoms with Gasteiger partial charge in [0.1, 0.15) is 5.82 Å². The van der Waals surface area contributed by atoms with E-state index in [-0.39, 0.29) is 0 Å². The molecule has 0 spiro atoms.